The Bertz CT molecular complexity index is 435. The first kappa shape index (κ1) is 19.0. The van der Waals surface area contributed by atoms with Crippen LogP contribution in [-0.4, -0.2) is 66.2 Å². The van der Waals surface area contributed by atoms with E-state index in [1.807, 2.05) is 16.8 Å². The molecule has 0 bridgehead atoms. The number of carbonyl (C=O) groups is 2. The second kappa shape index (κ2) is 8.70. The fourth-order valence-electron chi connectivity index (χ4n) is 4.22. The Kier molecular flexibility index (Phi) is 6.90. The molecule has 1 saturated heterocycles. The van der Waals surface area contributed by atoms with Crippen LogP contribution in [0.15, 0.2) is 0 Å². The molecule has 6 heteroatoms. The van der Waals surface area contributed by atoms with Crippen molar-refractivity contribution >= 4 is 12.0 Å². The van der Waals surface area contributed by atoms with E-state index in [0.717, 1.165) is 38.8 Å². The molecule has 0 aromatic heterocycles. The number of amides is 2. The standard InChI is InChI=1S/C18H33N3O3/c1-3-18(9-4-5-10-18)14-19-17(24)21-11-6-7-15(8-12-21)20(2)13-16(22)23/h15H,3-14H2,1-2H3,(H,19,24)(H,22,23). The lowest BCUT2D eigenvalue weighted by atomic mass is 9.83. The van der Waals surface area contributed by atoms with Crippen molar-refractivity contribution < 1.29 is 14.7 Å². The van der Waals surface area contributed by atoms with E-state index in [1.54, 1.807) is 0 Å². The molecule has 1 aliphatic carbocycles. The minimum Gasteiger partial charge on any atom is -0.480 e. The van der Waals surface area contributed by atoms with Crippen LogP contribution in [0.4, 0.5) is 4.79 Å². The van der Waals surface area contributed by atoms with E-state index in [4.69, 9.17) is 5.11 Å². The summed E-state index contributed by atoms with van der Waals surface area (Å²) in [5.74, 6) is -0.794. The van der Waals surface area contributed by atoms with Gasteiger partial charge in [0.1, 0.15) is 0 Å². The number of urea groups is 1. The third-order valence-electron chi connectivity index (χ3n) is 6.02. The van der Waals surface area contributed by atoms with Crippen LogP contribution >= 0.6 is 0 Å². The van der Waals surface area contributed by atoms with Gasteiger partial charge in [0.05, 0.1) is 6.54 Å². The summed E-state index contributed by atoms with van der Waals surface area (Å²) >= 11 is 0. The summed E-state index contributed by atoms with van der Waals surface area (Å²) in [5.41, 5.74) is 0.311. The van der Waals surface area contributed by atoms with E-state index in [1.165, 1.54) is 25.7 Å². The highest BCUT2D eigenvalue weighted by Crippen LogP contribution is 2.40. The van der Waals surface area contributed by atoms with Crippen molar-refractivity contribution in [1.29, 1.82) is 0 Å². The Hall–Kier alpha value is -1.30. The monoisotopic (exact) mass is 339 g/mol. The van der Waals surface area contributed by atoms with Gasteiger partial charge in [0.2, 0.25) is 0 Å². The van der Waals surface area contributed by atoms with Crippen LogP contribution in [0.25, 0.3) is 0 Å². The minimum absolute atomic E-state index is 0.0521. The Morgan fingerprint density at radius 3 is 2.54 bits per heavy atom. The van der Waals surface area contributed by atoms with Crippen LogP contribution in [0.5, 0.6) is 0 Å². The van der Waals surface area contributed by atoms with Crippen LogP contribution in [0.3, 0.4) is 0 Å². The van der Waals surface area contributed by atoms with E-state index in [0.29, 0.717) is 12.0 Å². The number of likely N-dealkylation sites (tertiary alicyclic amines) is 1. The summed E-state index contributed by atoms with van der Waals surface area (Å²) in [6.45, 7) is 4.56. The number of aliphatic carboxylic acids is 1. The number of likely N-dealkylation sites (N-methyl/N-ethyl adjacent to an activating group) is 1. The van der Waals surface area contributed by atoms with Gasteiger partial charge in [-0.05, 0) is 51.0 Å². The summed E-state index contributed by atoms with van der Waals surface area (Å²) in [6.07, 6.45) is 8.88. The van der Waals surface area contributed by atoms with Crippen molar-refractivity contribution in [2.24, 2.45) is 5.41 Å². The molecule has 2 rings (SSSR count). The molecule has 0 aromatic rings. The molecular formula is C18H33N3O3. The molecule has 0 radical (unpaired) electrons. The lowest BCUT2D eigenvalue weighted by Crippen LogP contribution is -2.45. The van der Waals surface area contributed by atoms with Crippen molar-refractivity contribution in [1.82, 2.24) is 15.1 Å². The maximum Gasteiger partial charge on any atom is 0.317 e. The van der Waals surface area contributed by atoms with Crippen LogP contribution in [0.1, 0.15) is 58.3 Å². The number of nitrogens with zero attached hydrogens (tertiary/aromatic N) is 2. The first-order chi connectivity index (χ1) is 11.5. The molecule has 6 nitrogen and oxygen atoms in total. The average molecular weight is 339 g/mol. The van der Waals surface area contributed by atoms with E-state index in [9.17, 15) is 9.59 Å². The summed E-state index contributed by atoms with van der Waals surface area (Å²) in [4.78, 5) is 27.2. The van der Waals surface area contributed by atoms with Gasteiger partial charge in [-0.15, -0.1) is 0 Å². The number of rotatable bonds is 6. The van der Waals surface area contributed by atoms with Gasteiger partial charge in [0.15, 0.2) is 0 Å². The fourth-order valence-corrected chi connectivity index (χ4v) is 4.22. The third-order valence-corrected chi connectivity index (χ3v) is 6.02. The van der Waals surface area contributed by atoms with Crippen LogP contribution in [-0.2, 0) is 4.79 Å². The molecule has 1 unspecified atom stereocenters. The molecule has 0 spiro atoms. The number of hydrogen-bond acceptors (Lipinski definition) is 3. The molecule has 24 heavy (non-hydrogen) atoms. The van der Waals surface area contributed by atoms with E-state index >= 15 is 0 Å². The molecule has 1 saturated carbocycles. The SMILES string of the molecule is CCC1(CNC(=O)N2CCCC(N(C)CC(=O)O)CC2)CCCC1. The zero-order chi connectivity index (χ0) is 17.6. The Balaban J connectivity index is 1.80. The average Bonchev–Trinajstić information content (AvgIpc) is 2.88. The van der Waals surface area contributed by atoms with Crippen molar-refractivity contribution in [3.8, 4) is 0 Å². The van der Waals surface area contributed by atoms with Gasteiger partial charge < -0.3 is 15.3 Å². The van der Waals surface area contributed by atoms with Gasteiger partial charge in [-0.25, -0.2) is 4.79 Å². The van der Waals surface area contributed by atoms with Crippen molar-refractivity contribution in [3.63, 3.8) is 0 Å². The van der Waals surface area contributed by atoms with Crippen molar-refractivity contribution in [2.45, 2.75) is 64.3 Å². The zero-order valence-electron chi connectivity index (χ0n) is 15.2. The molecule has 0 aromatic carbocycles. The molecule has 138 valence electrons. The maximum atomic E-state index is 12.5. The highest BCUT2D eigenvalue weighted by Gasteiger charge is 2.33. The number of carbonyl (C=O) groups excluding carboxylic acids is 1. The van der Waals surface area contributed by atoms with Gasteiger partial charge in [0.25, 0.3) is 0 Å². The summed E-state index contributed by atoms with van der Waals surface area (Å²) in [5, 5.41) is 12.1. The van der Waals surface area contributed by atoms with E-state index < -0.39 is 5.97 Å². The Morgan fingerprint density at radius 2 is 1.92 bits per heavy atom. The Labute approximate surface area is 145 Å². The molecule has 2 fully saturated rings. The van der Waals surface area contributed by atoms with Crippen LogP contribution in [0.2, 0.25) is 0 Å². The van der Waals surface area contributed by atoms with Gasteiger partial charge in [-0.3, -0.25) is 9.69 Å². The predicted molar refractivity (Wildman–Crippen MR) is 94.1 cm³/mol. The predicted octanol–water partition coefficient (Wildman–Crippen LogP) is 2.54. The molecule has 1 heterocycles. The number of carboxylic acid groups (broad SMARTS) is 1. The first-order valence-electron chi connectivity index (χ1n) is 9.40. The van der Waals surface area contributed by atoms with Gasteiger partial charge in [0, 0.05) is 25.7 Å². The summed E-state index contributed by atoms with van der Waals surface area (Å²) in [7, 11) is 1.86. The second-order valence-corrected chi connectivity index (χ2v) is 7.60. The van der Waals surface area contributed by atoms with E-state index in [2.05, 4.69) is 12.2 Å². The lowest BCUT2D eigenvalue weighted by Gasteiger charge is -2.30. The fraction of sp³-hybridized carbons (Fsp3) is 0.889. The van der Waals surface area contributed by atoms with Crippen molar-refractivity contribution in [2.75, 3.05) is 33.2 Å². The highest BCUT2D eigenvalue weighted by molar-refractivity contribution is 5.74. The smallest absolute Gasteiger partial charge is 0.317 e. The first-order valence-corrected chi connectivity index (χ1v) is 9.40. The summed E-state index contributed by atoms with van der Waals surface area (Å²) in [6, 6.07) is 0.298. The zero-order valence-corrected chi connectivity index (χ0v) is 15.2. The minimum atomic E-state index is -0.794. The molecule has 2 aliphatic rings. The highest BCUT2D eigenvalue weighted by atomic mass is 16.4. The molecule has 2 amide bonds. The van der Waals surface area contributed by atoms with Gasteiger partial charge >= 0.3 is 12.0 Å². The Morgan fingerprint density at radius 1 is 1.21 bits per heavy atom. The summed E-state index contributed by atoms with van der Waals surface area (Å²) < 4.78 is 0. The lowest BCUT2D eigenvalue weighted by molar-refractivity contribution is -0.138. The normalized spacial score (nSPS) is 24.0. The maximum absolute atomic E-state index is 12.5. The topological polar surface area (TPSA) is 72.9 Å². The second-order valence-electron chi connectivity index (χ2n) is 7.60. The van der Waals surface area contributed by atoms with Gasteiger partial charge in [-0.1, -0.05) is 19.8 Å². The van der Waals surface area contributed by atoms with E-state index in [-0.39, 0.29) is 18.6 Å². The number of nitrogens with one attached hydrogen (secondary N) is 1. The van der Waals surface area contributed by atoms with Gasteiger partial charge in [-0.2, -0.15) is 0 Å². The van der Waals surface area contributed by atoms with Crippen LogP contribution in [0, 0.1) is 5.41 Å². The molecule has 1 atom stereocenters. The van der Waals surface area contributed by atoms with Crippen molar-refractivity contribution in [3.05, 3.63) is 0 Å². The van der Waals surface area contributed by atoms with Crippen LogP contribution < -0.4 is 5.32 Å². The molecular weight excluding hydrogens is 306 g/mol. The number of hydrogen-bond donors (Lipinski definition) is 2. The third kappa shape index (κ3) is 5.10. The largest absolute Gasteiger partial charge is 0.480 e. The number of carboxylic acids is 1. The molecule has 2 N–H and O–H groups in total. The quantitative estimate of drug-likeness (QED) is 0.780. The molecule has 1 aliphatic heterocycles.